The Labute approximate surface area is 146 Å². The Kier molecular flexibility index (Phi) is 5.65. The van der Waals surface area contributed by atoms with Crippen molar-refractivity contribution in [2.24, 2.45) is 0 Å². The Balaban J connectivity index is 1.70. The topological polar surface area (TPSA) is 12.5 Å². The monoisotopic (exact) mass is 371 g/mol. The molecule has 0 saturated carbocycles. The molecule has 1 saturated heterocycles. The van der Waals surface area contributed by atoms with Crippen LogP contribution >= 0.6 is 15.9 Å². The van der Waals surface area contributed by atoms with Gasteiger partial charge in [0.05, 0.1) is 13.2 Å². The van der Waals surface area contributed by atoms with Crippen LogP contribution in [0.5, 0.6) is 0 Å². The van der Waals surface area contributed by atoms with Crippen molar-refractivity contribution < 1.29 is 4.74 Å². The summed E-state index contributed by atoms with van der Waals surface area (Å²) in [4.78, 5) is 2.43. The van der Waals surface area contributed by atoms with Crippen molar-refractivity contribution >= 4 is 21.5 Å². The lowest BCUT2D eigenvalue weighted by Crippen LogP contribution is -2.36. The number of nitrogens with zero attached hydrogens (tertiary/aromatic N) is 1. The van der Waals surface area contributed by atoms with E-state index in [0.29, 0.717) is 0 Å². The number of hydrogen-bond donors (Lipinski definition) is 0. The predicted molar refractivity (Wildman–Crippen MR) is 100 cm³/mol. The molecule has 0 atom stereocenters. The first-order valence-corrected chi connectivity index (χ1v) is 8.85. The molecule has 1 aliphatic rings. The molecule has 0 amide bonds. The van der Waals surface area contributed by atoms with E-state index in [4.69, 9.17) is 4.74 Å². The molecule has 0 radical (unpaired) electrons. The van der Waals surface area contributed by atoms with Crippen LogP contribution in [-0.4, -0.2) is 37.7 Å². The maximum absolute atomic E-state index is 5.39. The van der Waals surface area contributed by atoms with Gasteiger partial charge in [-0.1, -0.05) is 64.5 Å². The number of allylic oxidation sites excluding steroid dienone is 1. The Hall–Kier alpha value is -1.42. The molecule has 0 N–H and O–H groups in total. The molecular weight excluding hydrogens is 350 g/mol. The van der Waals surface area contributed by atoms with E-state index in [-0.39, 0.29) is 0 Å². The highest BCUT2D eigenvalue weighted by Crippen LogP contribution is 2.28. The highest BCUT2D eigenvalue weighted by Gasteiger charge is 2.08. The molecule has 0 spiro atoms. The van der Waals surface area contributed by atoms with E-state index in [1.165, 1.54) is 22.3 Å². The van der Waals surface area contributed by atoms with Crippen LogP contribution in [0.15, 0.2) is 59.1 Å². The van der Waals surface area contributed by atoms with Crippen LogP contribution in [0, 0.1) is 0 Å². The van der Waals surface area contributed by atoms with Crippen molar-refractivity contribution in [1.29, 1.82) is 0 Å². The summed E-state index contributed by atoms with van der Waals surface area (Å²) in [5.74, 6) is 0. The van der Waals surface area contributed by atoms with Crippen LogP contribution < -0.4 is 0 Å². The smallest absolute Gasteiger partial charge is 0.0594 e. The molecule has 120 valence electrons. The van der Waals surface area contributed by atoms with Crippen LogP contribution in [0.4, 0.5) is 0 Å². The number of morpholine rings is 1. The summed E-state index contributed by atoms with van der Waals surface area (Å²) >= 11 is 3.62. The van der Waals surface area contributed by atoms with Gasteiger partial charge in [0, 0.05) is 24.1 Å². The average Bonchev–Trinajstić information content (AvgIpc) is 2.61. The normalized spacial score (nSPS) is 16.5. The first-order chi connectivity index (χ1) is 11.2. The second kappa shape index (κ2) is 7.91. The zero-order chi connectivity index (χ0) is 16.1. The SMILES string of the molecule is CC(=CCN1CCOCC1)c1ccc(-c2ccccc2Br)cc1. The fourth-order valence-electron chi connectivity index (χ4n) is 2.78. The first kappa shape index (κ1) is 16.4. The van der Waals surface area contributed by atoms with Gasteiger partial charge >= 0.3 is 0 Å². The van der Waals surface area contributed by atoms with Gasteiger partial charge in [0.1, 0.15) is 0 Å². The summed E-state index contributed by atoms with van der Waals surface area (Å²) in [6.07, 6.45) is 2.32. The van der Waals surface area contributed by atoms with Crippen molar-refractivity contribution in [3.05, 3.63) is 64.6 Å². The minimum absolute atomic E-state index is 0.855. The first-order valence-electron chi connectivity index (χ1n) is 8.06. The van der Waals surface area contributed by atoms with Crippen molar-refractivity contribution in [1.82, 2.24) is 4.90 Å². The second-order valence-electron chi connectivity index (χ2n) is 5.86. The lowest BCUT2D eigenvalue weighted by Gasteiger charge is -2.25. The lowest BCUT2D eigenvalue weighted by molar-refractivity contribution is 0.0435. The van der Waals surface area contributed by atoms with E-state index in [1.54, 1.807) is 0 Å². The number of rotatable bonds is 4. The van der Waals surface area contributed by atoms with E-state index in [1.807, 2.05) is 6.07 Å². The predicted octanol–water partition coefficient (Wildman–Crippen LogP) is 4.85. The van der Waals surface area contributed by atoms with Gasteiger partial charge in [-0.15, -0.1) is 0 Å². The summed E-state index contributed by atoms with van der Waals surface area (Å²) in [6.45, 7) is 6.96. The highest BCUT2D eigenvalue weighted by atomic mass is 79.9. The molecule has 2 nitrogen and oxygen atoms in total. The Bertz CT molecular complexity index is 672. The van der Waals surface area contributed by atoms with Gasteiger partial charge in [0.25, 0.3) is 0 Å². The van der Waals surface area contributed by atoms with Gasteiger partial charge in [0.15, 0.2) is 0 Å². The lowest BCUT2D eigenvalue weighted by atomic mass is 10.0. The summed E-state index contributed by atoms with van der Waals surface area (Å²) in [5.41, 5.74) is 5.08. The molecule has 0 aliphatic carbocycles. The van der Waals surface area contributed by atoms with Gasteiger partial charge in [-0.3, -0.25) is 4.90 Å². The largest absolute Gasteiger partial charge is 0.379 e. The Morgan fingerprint density at radius 2 is 1.78 bits per heavy atom. The van der Waals surface area contributed by atoms with Gasteiger partial charge in [0.2, 0.25) is 0 Å². The summed E-state index contributed by atoms with van der Waals surface area (Å²) in [7, 11) is 0. The fraction of sp³-hybridized carbons (Fsp3) is 0.300. The quantitative estimate of drug-likeness (QED) is 0.761. The summed E-state index contributed by atoms with van der Waals surface area (Å²) in [5, 5.41) is 0. The number of hydrogen-bond acceptors (Lipinski definition) is 2. The Morgan fingerprint density at radius 1 is 1.09 bits per heavy atom. The number of ether oxygens (including phenoxy) is 1. The molecule has 0 unspecified atom stereocenters. The molecule has 1 heterocycles. The molecular formula is C20H22BrNO. The maximum Gasteiger partial charge on any atom is 0.0594 e. The van der Waals surface area contributed by atoms with Gasteiger partial charge in [-0.05, 0) is 35.3 Å². The highest BCUT2D eigenvalue weighted by molar-refractivity contribution is 9.10. The second-order valence-corrected chi connectivity index (χ2v) is 6.71. The van der Waals surface area contributed by atoms with Crippen LogP contribution in [0.1, 0.15) is 12.5 Å². The van der Waals surface area contributed by atoms with Gasteiger partial charge in [-0.2, -0.15) is 0 Å². The zero-order valence-corrected chi connectivity index (χ0v) is 15.1. The molecule has 1 fully saturated rings. The standard InChI is InChI=1S/C20H22BrNO/c1-16(10-11-22-12-14-23-15-13-22)17-6-8-18(9-7-17)19-4-2-3-5-20(19)21/h2-10H,11-15H2,1H3. The van der Waals surface area contributed by atoms with Crippen LogP contribution in [-0.2, 0) is 4.74 Å². The maximum atomic E-state index is 5.39. The summed E-state index contributed by atoms with van der Waals surface area (Å²) in [6, 6.07) is 17.1. The van der Waals surface area contributed by atoms with Crippen LogP contribution in [0.25, 0.3) is 16.7 Å². The van der Waals surface area contributed by atoms with Gasteiger partial charge < -0.3 is 4.74 Å². The van der Waals surface area contributed by atoms with Crippen molar-refractivity contribution in [2.75, 3.05) is 32.8 Å². The van der Waals surface area contributed by atoms with E-state index >= 15 is 0 Å². The number of benzene rings is 2. The van der Waals surface area contributed by atoms with Crippen LogP contribution in [0.2, 0.25) is 0 Å². The van der Waals surface area contributed by atoms with E-state index in [0.717, 1.165) is 37.3 Å². The van der Waals surface area contributed by atoms with Crippen LogP contribution in [0.3, 0.4) is 0 Å². The van der Waals surface area contributed by atoms with E-state index in [2.05, 4.69) is 76.3 Å². The zero-order valence-electron chi connectivity index (χ0n) is 13.5. The minimum Gasteiger partial charge on any atom is -0.379 e. The third-order valence-corrected chi connectivity index (χ3v) is 4.98. The van der Waals surface area contributed by atoms with Crippen molar-refractivity contribution in [2.45, 2.75) is 6.92 Å². The molecule has 0 aromatic heterocycles. The third-order valence-electron chi connectivity index (χ3n) is 4.28. The minimum atomic E-state index is 0.855. The van der Waals surface area contributed by atoms with Crippen molar-refractivity contribution in [3.63, 3.8) is 0 Å². The molecule has 2 aromatic rings. The molecule has 23 heavy (non-hydrogen) atoms. The molecule has 3 heteroatoms. The van der Waals surface area contributed by atoms with E-state index < -0.39 is 0 Å². The van der Waals surface area contributed by atoms with Crippen molar-refractivity contribution in [3.8, 4) is 11.1 Å². The fourth-order valence-corrected chi connectivity index (χ4v) is 3.29. The Morgan fingerprint density at radius 3 is 2.48 bits per heavy atom. The third kappa shape index (κ3) is 4.31. The summed E-state index contributed by atoms with van der Waals surface area (Å²) < 4.78 is 6.52. The molecule has 0 bridgehead atoms. The molecule has 1 aliphatic heterocycles. The van der Waals surface area contributed by atoms with Gasteiger partial charge in [-0.25, -0.2) is 0 Å². The molecule has 3 rings (SSSR count). The van der Waals surface area contributed by atoms with E-state index in [9.17, 15) is 0 Å². The number of halogens is 1. The molecule has 2 aromatic carbocycles. The average molecular weight is 372 g/mol.